The molecule has 1 saturated heterocycles. The second kappa shape index (κ2) is 5.93. The highest BCUT2D eigenvalue weighted by Gasteiger charge is 2.33. The van der Waals surface area contributed by atoms with Crippen molar-refractivity contribution in [2.75, 3.05) is 5.32 Å². The third-order valence-corrected chi connectivity index (χ3v) is 4.88. The van der Waals surface area contributed by atoms with Crippen LogP contribution >= 0.6 is 23.1 Å². The molecule has 1 aliphatic rings. The van der Waals surface area contributed by atoms with Gasteiger partial charge < -0.3 is 5.32 Å². The van der Waals surface area contributed by atoms with Crippen molar-refractivity contribution in [1.82, 2.24) is 10.3 Å². The summed E-state index contributed by atoms with van der Waals surface area (Å²) in [4.78, 5) is 48.7. The van der Waals surface area contributed by atoms with Gasteiger partial charge in [-0.1, -0.05) is 23.1 Å². The van der Waals surface area contributed by atoms with Crippen LogP contribution in [0, 0.1) is 10.1 Å². The zero-order valence-electron chi connectivity index (χ0n) is 11.3. The van der Waals surface area contributed by atoms with Crippen LogP contribution in [-0.4, -0.2) is 32.2 Å². The summed E-state index contributed by atoms with van der Waals surface area (Å²) in [5.74, 6) is -0.948. The van der Waals surface area contributed by atoms with E-state index in [0.29, 0.717) is 10.2 Å². The number of hydrogen-bond donors (Lipinski definition) is 2. The summed E-state index contributed by atoms with van der Waals surface area (Å²) in [6.07, 6.45) is -0.154. The average Bonchev–Trinajstić information content (AvgIpc) is 3.00. The Morgan fingerprint density at radius 2 is 2.22 bits per heavy atom. The van der Waals surface area contributed by atoms with Gasteiger partial charge in [0, 0.05) is 18.6 Å². The first-order valence-electron chi connectivity index (χ1n) is 6.28. The number of hydrogen-bond acceptors (Lipinski definition) is 8. The molecule has 1 atom stereocenters. The molecule has 3 rings (SSSR count). The van der Waals surface area contributed by atoms with Crippen molar-refractivity contribution in [3.63, 3.8) is 0 Å². The summed E-state index contributed by atoms with van der Waals surface area (Å²) in [7, 11) is 0. The lowest BCUT2D eigenvalue weighted by molar-refractivity contribution is -0.384. The van der Waals surface area contributed by atoms with Crippen molar-refractivity contribution >= 4 is 61.2 Å². The molecule has 2 aromatic rings. The van der Waals surface area contributed by atoms with E-state index in [1.807, 2.05) is 0 Å². The molecular formula is C12H8N4O5S2. The van der Waals surface area contributed by atoms with Crippen LogP contribution in [-0.2, 0) is 9.59 Å². The number of imide groups is 1. The number of fused-ring (bicyclic) bond motifs is 1. The Hall–Kier alpha value is -2.53. The Morgan fingerprint density at radius 1 is 1.43 bits per heavy atom. The molecule has 2 N–H and O–H groups in total. The van der Waals surface area contributed by atoms with Gasteiger partial charge in [-0.3, -0.25) is 29.8 Å². The van der Waals surface area contributed by atoms with E-state index in [9.17, 15) is 24.5 Å². The number of non-ortho nitro benzene ring substituents is 1. The van der Waals surface area contributed by atoms with Crippen LogP contribution < -0.4 is 10.6 Å². The maximum atomic E-state index is 11.9. The predicted octanol–water partition coefficient (Wildman–Crippen LogP) is 1.88. The highest BCUT2D eigenvalue weighted by Crippen LogP contribution is 2.29. The second-order valence-corrected chi connectivity index (χ2v) is 6.77. The molecule has 2 heterocycles. The van der Waals surface area contributed by atoms with Gasteiger partial charge in [-0.15, -0.1) is 0 Å². The lowest BCUT2D eigenvalue weighted by Crippen LogP contribution is -2.27. The van der Waals surface area contributed by atoms with Crippen LogP contribution in [0.25, 0.3) is 10.2 Å². The molecule has 9 nitrogen and oxygen atoms in total. The summed E-state index contributed by atoms with van der Waals surface area (Å²) in [5.41, 5.74) is 0.468. The Labute approximate surface area is 136 Å². The molecule has 0 bridgehead atoms. The van der Waals surface area contributed by atoms with E-state index in [4.69, 9.17) is 0 Å². The first-order valence-corrected chi connectivity index (χ1v) is 7.98. The van der Waals surface area contributed by atoms with E-state index in [2.05, 4.69) is 15.6 Å². The molecule has 1 unspecified atom stereocenters. The molecule has 0 radical (unpaired) electrons. The Morgan fingerprint density at radius 3 is 2.87 bits per heavy atom. The van der Waals surface area contributed by atoms with Gasteiger partial charge in [0.15, 0.2) is 5.13 Å². The smallest absolute Gasteiger partial charge is 0.286 e. The molecule has 118 valence electrons. The van der Waals surface area contributed by atoms with Crippen molar-refractivity contribution in [2.45, 2.75) is 11.7 Å². The summed E-state index contributed by atoms with van der Waals surface area (Å²) in [6.45, 7) is 0. The van der Waals surface area contributed by atoms with Crippen molar-refractivity contribution < 1.29 is 19.3 Å². The van der Waals surface area contributed by atoms with Crippen LogP contribution in [0.3, 0.4) is 0 Å². The molecule has 0 aliphatic carbocycles. The highest BCUT2D eigenvalue weighted by molar-refractivity contribution is 8.15. The maximum Gasteiger partial charge on any atom is 0.286 e. The summed E-state index contributed by atoms with van der Waals surface area (Å²) < 4.78 is 0.567. The van der Waals surface area contributed by atoms with Crippen molar-refractivity contribution in [1.29, 1.82) is 0 Å². The van der Waals surface area contributed by atoms with E-state index in [1.54, 1.807) is 0 Å². The second-order valence-electron chi connectivity index (χ2n) is 4.56. The standard InChI is InChI=1S/C12H8N4O5S2/c17-9(4-8-10(18)15-12(19)23-8)14-11-13-6-2-1-5(16(20)21)3-7(6)22-11/h1-3,8H,4H2,(H,13,14,17)(H,15,18,19). The number of aromatic nitrogens is 1. The Bertz CT molecular complexity index is 849. The quantitative estimate of drug-likeness (QED) is 0.634. The molecule has 0 spiro atoms. The van der Waals surface area contributed by atoms with E-state index >= 15 is 0 Å². The first kappa shape index (κ1) is 15.4. The molecule has 11 heteroatoms. The van der Waals surface area contributed by atoms with Gasteiger partial charge >= 0.3 is 0 Å². The highest BCUT2D eigenvalue weighted by atomic mass is 32.2. The number of anilines is 1. The molecular weight excluding hydrogens is 344 g/mol. The van der Waals surface area contributed by atoms with Crippen LogP contribution in [0.15, 0.2) is 18.2 Å². The van der Waals surface area contributed by atoms with E-state index < -0.39 is 27.2 Å². The minimum atomic E-state index is -0.752. The van der Waals surface area contributed by atoms with Gasteiger partial charge in [0.25, 0.3) is 10.9 Å². The fraction of sp³-hybridized carbons (Fsp3) is 0.167. The van der Waals surface area contributed by atoms with Crippen LogP contribution in [0.1, 0.15) is 6.42 Å². The number of nitro benzene ring substituents is 1. The molecule has 0 saturated carbocycles. The molecule has 1 aromatic heterocycles. The number of carbonyl (C=O) groups excluding carboxylic acids is 3. The number of nitrogens with zero attached hydrogens (tertiary/aromatic N) is 2. The van der Waals surface area contributed by atoms with Crippen LogP contribution in [0.4, 0.5) is 15.6 Å². The minimum Gasteiger partial charge on any atom is -0.302 e. The number of nitro groups is 1. The van der Waals surface area contributed by atoms with Crippen LogP contribution in [0.2, 0.25) is 0 Å². The number of amides is 3. The fourth-order valence-electron chi connectivity index (χ4n) is 1.95. The Balaban J connectivity index is 1.71. The Kier molecular flexibility index (Phi) is 3.96. The molecule has 3 amide bonds. The summed E-state index contributed by atoms with van der Waals surface area (Å²) in [5, 5.41) is 14.4. The zero-order chi connectivity index (χ0) is 16.6. The average molecular weight is 352 g/mol. The topological polar surface area (TPSA) is 131 Å². The van der Waals surface area contributed by atoms with Crippen molar-refractivity contribution in [2.24, 2.45) is 0 Å². The lowest BCUT2D eigenvalue weighted by atomic mass is 10.3. The van der Waals surface area contributed by atoms with Gasteiger partial charge in [-0.05, 0) is 6.07 Å². The van der Waals surface area contributed by atoms with E-state index in [1.165, 1.54) is 18.2 Å². The van der Waals surface area contributed by atoms with Crippen molar-refractivity contribution in [3.8, 4) is 0 Å². The zero-order valence-corrected chi connectivity index (χ0v) is 12.9. The third-order valence-electron chi connectivity index (χ3n) is 2.97. The van der Waals surface area contributed by atoms with Gasteiger partial charge in [0.1, 0.15) is 5.25 Å². The number of rotatable bonds is 4. The predicted molar refractivity (Wildman–Crippen MR) is 84.4 cm³/mol. The SMILES string of the molecule is O=C(CC1SC(=O)NC1=O)Nc1nc2ccc([N+](=O)[O-])cc2s1. The van der Waals surface area contributed by atoms with Crippen molar-refractivity contribution in [3.05, 3.63) is 28.3 Å². The minimum absolute atomic E-state index is 0.0587. The van der Waals surface area contributed by atoms with E-state index in [0.717, 1.165) is 23.1 Å². The number of thioether (sulfide) groups is 1. The fourth-order valence-corrected chi connectivity index (χ4v) is 3.68. The normalized spacial score (nSPS) is 17.3. The maximum absolute atomic E-state index is 11.9. The monoisotopic (exact) mass is 352 g/mol. The van der Waals surface area contributed by atoms with E-state index in [-0.39, 0.29) is 17.2 Å². The van der Waals surface area contributed by atoms with Gasteiger partial charge in [-0.25, -0.2) is 4.98 Å². The first-order chi connectivity index (χ1) is 10.9. The van der Waals surface area contributed by atoms with Crippen LogP contribution in [0.5, 0.6) is 0 Å². The van der Waals surface area contributed by atoms with Gasteiger partial charge in [-0.2, -0.15) is 0 Å². The number of nitrogens with one attached hydrogen (secondary N) is 2. The number of benzene rings is 1. The summed E-state index contributed by atoms with van der Waals surface area (Å²) >= 11 is 1.86. The van der Waals surface area contributed by atoms with Gasteiger partial charge in [0.2, 0.25) is 11.8 Å². The third kappa shape index (κ3) is 3.29. The molecule has 1 aliphatic heterocycles. The molecule has 1 fully saturated rings. The van der Waals surface area contributed by atoms with Gasteiger partial charge in [0.05, 0.1) is 15.1 Å². The number of thiazole rings is 1. The number of carbonyl (C=O) groups is 3. The molecule has 1 aromatic carbocycles. The largest absolute Gasteiger partial charge is 0.302 e. The summed E-state index contributed by atoms with van der Waals surface area (Å²) in [6, 6.07) is 4.21. The molecule has 23 heavy (non-hydrogen) atoms. The lowest BCUT2D eigenvalue weighted by Gasteiger charge is -2.04.